The Kier molecular flexibility index (Phi) is 5.99. The number of hydrogen-bond acceptors (Lipinski definition) is 3. The second-order valence-corrected chi connectivity index (χ2v) is 5.75. The monoisotopic (exact) mass is 315 g/mol. The zero-order valence-electron chi connectivity index (χ0n) is 12.6. The summed E-state index contributed by atoms with van der Waals surface area (Å²) in [7, 11) is 1.91. The Morgan fingerprint density at radius 2 is 2.14 bits per heavy atom. The van der Waals surface area contributed by atoms with Crippen LogP contribution in [-0.2, 0) is 15.9 Å². The first-order valence-corrected chi connectivity index (χ1v) is 7.82. The van der Waals surface area contributed by atoms with Gasteiger partial charge in [-0.1, -0.05) is 23.7 Å². The summed E-state index contributed by atoms with van der Waals surface area (Å²) in [6, 6.07) is 5.02. The number of likely N-dealkylation sites (N-methyl/N-ethyl adjacent to an activating group) is 1. The molecule has 1 aliphatic heterocycles. The molecule has 0 bridgehead atoms. The molecule has 0 aliphatic carbocycles. The van der Waals surface area contributed by atoms with Crippen LogP contribution in [0.15, 0.2) is 18.2 Å². The van der Waals surface area contributed by atoms with Crippen LogP contribution in [0.1, 0.15) is 25.3 Å². The zero-order valence-corrected chi connectivity index (χ0v) is 13.4. The first-order valence-electron chi connectivity index (χ1n) is 7.45. The van der Waals surface area contributed by atoms with Gasteiger partial charge in [-0.3, -0.25) is 0 Å². The highest BCUT2D eigenvalue weighted by atomic mass is 35.5. The van der Waals surface area contributed by atoms with Crippen molar-refractivity contribution in [1.29, 1.82) is 0 Å². The van der Waals surface area contributed by atoms with Gasteiger partial charge in [0.2, 0.25) is 0 Å². The molecule has 0 spiro atoms. The van der Waals surface area contributed by atoms with Crippen LogP contribution >= 0.6 is 11.6 Å². The van der Waals surface area contributed by atoms with Crippen molar-refractivity contribution in [2.45, 2.75) is 37.8 Å². The second-order valence-electron chi connectivity index (χ2n) is 5.37. The predicted molar refractivity (Wildman–Crippen MR) is 82.4 cm³/mol. The third-order valence-corrected chi connectivity index (χ3v) is 4.63. The van der Waals surface area contributed by atoms with Crippen molar-refractivity contribution in [2.75, 3.05) is 26.9 Å². The molecular weight excluding hydrogens is 293 g/mol. The molecule has 1 fully saturated rings. The quantitative estimate of drug-likeness (QED) is 0.874. The molecule has 1 saturated heterocycles. The lowest BCUT2D eigenvalue weighted by Gasteiger charge is -2.43. The summed E-state index contributed by atoms with van der Waals surface area (Å²) in [5, 5.41) is 3.54. The van der Waals surface area contributed by atoms with Crippen molar-refractivity contribution >= 4 is 11.6 Å². The van der Waals surface area contributed by atoms with E-state index in [1.54, 1.807) is 6.07 Å². The van der Waals surface area contributed by atoms with Crippen LogP contribution in [0.2, 0.25) is 5.02 Å². The number of hydrogen-bond donors (Lipinski definition) is 1. The fourth-order valence-electron chi connectivity index (χ4n) is 3.07. The van der Waals surface area contributed by atoms with Crippen LogP contribution in [0.5, 0.6) is 0 Å². The van der Waals surface area contributed by atoms with E-state index < -0.39 is 0 Å². The molecule has 118 valence electrons. The Morgan fingerprint density at radius 1 is 1.43 bits per heavy atom. The topological polar surface area (TPSA) is 30.5 Å². The molecule has 0 saturated carbocycles. The van der Waals surface area contributed by atoms with E-state index in [-0.39, 0.29) is 22.5 Å². The van der Waals surface area contributed by atoms with Crippen molar-refractivity contribution in [3.63, 3.8) is 0 Å². The molecular formula is C16H23ClFNO2. The van der Waals surface area contributed by atoms with Crippen LogP contribution in [0.4, 0.5) is 4.39 Å². The molecule has 21 heavy (non-hydrogen) atoms. The largest absolute Gasteiger partial charge is 0.381 e. The number of halogens is 2. The van der Waals surface area contributed by atoms with E-state index in [0.717, 1.165) is 18.4 Å². The van der Waals surface area contributed by atoms with Gasteiger partial charge in [0.25, 0.3) is 0 Å². The summed E-state index contributed by atoms with van der Waals surface area (Å²) in [6.45, 7) is 4.03. The third kappa shape index (κ3) is 3.75. The third-order valence-electron chi connectivity index (χ3n) is 4.21. The fraction of sp³-hybridized carbons (Fsp3) is 0.625. The molecule has 0 aromatic heterocycles. The maximum Gasteiger partial charge on any atom is 0.142 e. The first-order chi connectivity index (χ1) is 10.1. The first kappa shape index (κ1) is 16.7. The van der Waals surface area contributed by atoms with Crippen LogP contribution < -0.4 is 5.32 Å². The molecule has 1 aliphatic rings. The van der Waals surface area contributed by atoms with Crippen LogP contribution in [0.25, 0.3) is 0 Å². The summed E-state index contributed by atoms with van der Waals surface area (Å²) in [5.74, 6) is -0.374. The normalized spacial score (nSPS) is 19.4. The molecule has 0 amide bonds. The van der Waals surface area contributed by atoms with Gasteiger partial charge < -0.3 is 14.8 Å². The van der Waals surface area contributed by atoms with E-state index in [1.165, 1.54) is 6.07 Å². The number of nitrogens with one attached hydrogen (secondary N) is 1. The molecule has 5 heteroatoms. The Hall–Kier alpha value is -0.680. The second kappa shape index (κ2) is 7.54. The highest BCUT2D eigenvalue weighted by molar-refractivity contribution is 6.31. The van der Waals surface area contributed by atoms with E-state index in [9.17, 15) is 4.39 Å². The van der Waals surface area contributed by atoms with Gasteiger partial charge in [0.05, 0.1) is 10.6 Å². The summed E-state index contributed by atoms with van der Waals surface area (Å²) < 4.78 is 25.2. The van der Waals surface area contributed by atoms with Crippen LogP contribution in [0.3, 0.4) is 0 Å². The average Bonchev–Trinajstić information content (AvgIpc) is 2.50. The number of ether oxygens (including phenoxy) is 2. The molecule has 2 rings (SSSR count). The molecule has 0 radical (unpaired) electrons. The molecule has 1 aromatic rings. The minimum absolute atomic E-state index is 0.0700. The van der Waals surface area contributed by atoms with Crippen molar-refractivity contribution in [3.8, 4) is 0 Å². The standard InChI is InChI=1S/C16H23ClFNO2/c1-3-21-16(7-9-20-10-8-16)14(19-2)11-12-5-4-6-13(18)15(12)17/h4-6,14,19H,3,7-11H2,1-2H3. The minimum Gasteiger partial charge on any atom is -0.381 e. The predicted octanol–water partition coefficient (Wildman–Crippen LogP) is 3.20. The average molecular weight is 316 g/mol. The van der Waals surface area contributed by atoms with Gasteiger partial charge in [-0.15, -0.1) is 0 Å². The molecule has 1 atom stereocenters. The molecule has 3 nitrogen and oxygen atoms in total. The Morgan fingerprint density at radius 3 is 2.76 bits per heavy atom. The Labute approximate surface area is 130 Å². The molecule has 1 aromatic carbocycles. The van der Waals surface area contributed by atoms with Crippen LogP contribution in [0, 0.1) is 5.82 Å². The fourth-order valence-corrected chi connectivity index (χ4v) is 3.28. The maximum absolute atomic E-state index is 13.6. The smallest absolute Gasteiger partial charge is 0.142 e. The molecule has 1 unspecified atom stereocenters. The van der Waals surface area contributed by atoms with Crippen molar-refractivity contribution in [1.82, 2.24) is 5.32 Å². The van der Waals surface area contributed by atoms with E-state index in [0.29, 0.717) is 26.2 Å². The summed E-state index contributed by atoms with van der Waals surface area (Å²) >= 11 is 6.09. The van der Waals surface area contributed by atoms with Gasteiger partial charge in [-0.25, -0.2) is 4.39 Å². The number of rotatable bonds is 6. The maximum atomic E-state index is 13.6. The summed E-state index contributed by atoms with van der Waals surface area (Å²) in [6.07, 6.45) is 2.30. The Bertz CT molecular complexity index is 458. The minimum atomic E-state index is -0.374. The van der Waals surface area contributed by atoms with E-state index >= 15 is 0 Å². The SMILES string of the molecule is CCOC1(C(Cc2cccc(F)c2Cl)NC)CCOCC1. The van der Waals surface area contributed by atoms with Gasteiger partial charge in [-0.05, 0) is 32.0 Å². The van der Waals surface area contributed by atoms with E-state index in [2.05, 4.69) is 5.32 Å². The van der Waals surface area contributed by atoms with Gasteiger partial charge in [0.15, 0.2) is 0 Å². The zero-order chi connectivity index (χ0) is 15.3. The highest BCUT2D eigenvalue weighted by Crippen LogP contribution is 2.32. The molecule has 1 heterocycles. The van der Waals surface area contributed by atoms with Gasteiger partial charge >= 0.3 is 0 Å². The highest BCUT2D eigenvalue weighted by Gasteiger charge is 2.40. The lowest BCUT2D eigenvalue weighted by molar-refractivity contribution is -0.125. The van der Waals surface area contributed by atoms with Gasteiger partial charge in [0, 0.05) is 38.7 Å². The van der Waals surface area contributed by atoms with Gasteiger partial charge in [-0.2, -0.15) is 0 Å². The van der Waals surface area contributed by atoms with Gasteiger partial charge in [0.1, 0.15) is 5.82 Å². The summed E-state index contributed by atoms with van der Waals surface area (Å²) in [5.41, 5.74) is 0.527. The summed E-state index contributed by atoms with van der Waals surface area (Å²) in [4.78, 5) is 0. The van der Waals surface area contributed by atoms with E-state index in [4.69, 9.17) is 21.1 Å². The molecule has 1 N–H and O–H groups in total. The number of benzene rings is 1. The van der Waals surface area contributed by atoms with E-state index in [1.807, 2.05) is 20.0 Å². The lowest BCUT2D eigenvalue weighted by Crippen LogP contribution is -2.55. The lowest BCUT2D eigenvalue weighted by atomic mass is 9.82. The van der Waals surface area contributed by atoms with Crippen molar-refractivity contribution < 1.29 is 13.9 Å². The van der Waals surface area contributed by atoms with Crippen molar-refractivity contribution in [3.05, 3.63) is 34.6 Å². The van der Waals surface area contributed by atoms with Crippen molar-refractivity contribution in [2.24, 2.45) is 0 Å². The van der Waals surface area contributed by atoms with Crippen LogP contribution in [-0.4, -0.2) is 38.5 Å². The Balaban J connectivity index is 2.22.